The second-order valence-corrected chi connectivity index (χ2v) is 5.14. The highest BCUT2D eigenvalue weighted by molar-refractivity contribution is 6.07. The molecule has 7 heteroatoms. The van der Waals surface area contributed by atoms with Crippen molar-refractivity contribution in [1.29, 1.82) is 0 Å². The lowest BCUT2D eigenvalue weighted by Crippen LogP contribution is -2.10. The molecular weight excluding hydrogens is 343 g/mol. The number of carboxylic acids is 1. The maximum Gasteiger partial charge on any atom is 0.341 e. The lowest BCUT2D eigenvalue weighted by molar-refractivity contribution is -0.139. The largest absolute Gasteiger partial charge is 0.494 e. The predicted molar refractivity (Wildman–Crippen MR) is 92.4 cm³/mol. The standard InChI is InChI=1S/C19H17FO6/c1-24-16-7-4-12(9-14(16)20)3-6-15(21)13-5-8-17(18(10-13)25-2)26-11-19(22)23/h3-10H,11H2,1-2H3,(H,22,23)/b6-3+. The number of benzene rings is 2. The molecular formula is C19H17FO6. The van der Waals surface area contributed by atoms with Gasteiger partial charge in [0.2, 0.25) is 0 Å². The van der Waals surface area contributed by atoms with Crippen molar-refractivity contribution in [3.05, 3.63) is 59.4 Å². The Kier molecular flexibility index (Phi) is 6.32. The van der Waals surface area contributed by atoms with Crippen LogP contribution in [0.1, 0.15) is 15.9 Å². The molecule has 6 nitrogen and oxygen atoms in total. The zero-order valence-electron chi connectivity index (χ0n) is 14.2. The summed E-state index contributed by atoms with van der Waals surface area (Å²) in [5.41, 5.74) is 0.819. The first kappa shape index (κ1) is 19.0. The first-order valence-corrected chi connectivity index (χ1v) is 7.53. The van der Waals surface area contributed by atoms with Crippen molar-refractivity contribution in [3.8, 4) is 17.2 Å². The highest BCUT2D eigenvalue weighted by atomic mass is 19.1. The van der Waals surface area contributed by atoms with Crippen molar-refractivity contribution in [2.75, 3.05) is 20.8 Å². The minimum Gasteiger partial charge on any atom is -0.494 e. The van der Waals surface area contributed by atoms with Crippen molar-refractivity contribution in [2.45, 2.75) is 0 Å². The van der Waals surface area contributed by atoms with Gasteiger partial charge in [0.1, 0.15) is 0 Å². The van der Waals surface area contributed by atoms with Crippen LogP contribution in [0, 0.1) is 5.82 Å². The minimum atomic E-state index is -1.12. The van der Waals surface area contributed by atoms with E-state index in [0.717, 1.165) is 0 Å². The van der Waals surface area contributed by atoms with Crippen molar-refractivity contribution < 1.29 is 33.3 Å². The third kappa shape index (κ3) is 4.83. The molecule has 136 valence electrons. The van der Waals surface area contributed by atoms with Crippen LogP contribution in [-0.2, 0) is 4.79 Å². The van der Waals surface area contributed by atoms with E-state index in [1.54, 1.807) is 6.07 Å². The number of hydrogen-bond acceptors (Lipinski definition) is 5. The lowest BCUT2D eigenvalue weighted by Gasteiger charge is -2.10. The third-order valence-corrected chi connectivity index (χ3v) is 3.40. The van der Waals surface area contributed by atoms with Crippen LogP contribution >= 0.6 is 0 Å². The van der Waals surface area contributed by atoms with E-state index in [1.807, 2.05) is 0 Å². The number of methoxy groups -OCH3 is 2. The van der Waals surface area contributed by atoms with Crippen molar-refractivity contribution in [3.63, 3.8) is 0 Å². The fourth-order valence-electron chi connectivity index (χ4n) is 2.13. The summed E-state index contributed by atoms with van der Waals surface area (Å²) in [4.78, 5) is 22.8. The molecule has 0 aliphatic heterocycles. The molecule has 2 aromatic rings. The Morgan fingerprint density at radius 2 is 1.73 bits per heavy atom. The number of ketones is 1. The topological polar surface area (TPSA) is 82.1 Å². The van der Waals surface area contributed by atoms with E-state index in [-0.39, 0.29) is 23.0 Å². The quantitative estimate of drug-likeness (QED) is 0.575. The zero-order chi connectivity index (χ0) is 19.1. The fraction of sp³-hybridized carbons (Fsp3) is 0.158. The molecule has 0 bridgehead atoms. The van der Waals surface area contributed by atoms with Crippen LogP contribution in [-0.4, -0.2) is 37.7 Å². The Morgan fingerprint density at radius 1 is 1.04 bits per heavy atom. The molecule has 26 heavy (non-hydrogen) atoms. The summed E-state index contributed by atoms with van der Waals surface area (Å²) in [5.74, 6) is -1.40. The molecule has 0 atom stereocenters. The van der Waals surface area contributed by atoms with Crippen LogP contribution in [0.3, 0.4) is 0 Å². The number of aliphatic carboxylic acids is 1. The third-order valence-electron chi connectivity index (χ3n) is 3.40. The van der Waals surface area contributed by atoms with Gasteiger partial charge in [0.25, 0.3) is 0 Å². The highest BCUT2D eigenvalue weighted by Gasteiger charge is 2.11. The number of carboxylic acid groups (broad SMARTS) is 1. The van der Waals surface area contributed by atoms with Gasteiger partial charge in [0.05, 0.1) is 14.2 Å². The Balaban J connectivity index is 2.16. The van der Waals surface area contributed by atoms with Gasteiger partial charge < -0.3 is 19.3 Å². The molecule has 0 aromatic heterocycles. The molecule has 0 amide bonds. The maximum atomic E-state index is 13.7. The van der Waals surface area contributed by atoms with Gasteiger partial charge in [-0.2, -0.15) is 0 Å². The number of carbonyl (C=O) groups is 2. The first-order valence-electron chi connectivity index (χ1n) is 7.53. The lowest BCUT2D eigenvalue weighted by atomic mass is 10.1. The highest BCUT2D eigenvalue weighted by Crippen LogP contribution is 2.28. The van der Waals surface area contributed by atoms with Gasteiger partial charge >= 0.3 is 5.97 Å². The van der Waals surface area contributed by atoms with Gasteiger partial charge in [0.15, 0.2) is 35.5 Å². The molecule has 1 N–H and O–H groups in total. The average molecular weight is 360 g/mol. The van der Waals surface area contributed by atoms with Crippen LogP contribution in [0.25, 0.3) is 6.08 Å². The Labute approximate surface area is 149 Å². The van der Waals surface area contributed by atoms with Crippen molar-refractivity contribution >= 4 is 17.8 Å². The summed E-state index contributed by atoms with van der Waals surface area (Å²) in [6.45, 7) is -0.521. The van der Waals surface area contributed by atoms with E-state index in [2.05, 4.69) is 0 Å². The van der Waals surface area contributed by atoms with Crippen molar-refractivity contribution in [2.24, 2.45) is 0 Å². The van der Waals surface area contributed by atoms with E-state index in [0.29, 0.717) is 11.1 Å². The fourth-order valence-corrected chi connectivity index (χ4v) is 2.13. The normalized spacial score (nSPS) is 10.6. The number of halogens is 1. The van der Waals surface area contributed by atoms with Gasteiger partial charge in [0, 0.05) is 5.56 Å². The van der Waals surface area contributed by atoms with E-state index in [1.165, 1.54) is 56.7 Å². The van der Waals surface area contributed by atoms with Gasteiger partial charge in [-0.15, -0.1) is 0 Å². The maximum absolute atomic E-state index is 13.7. The monoisotopic (exact) mass is 360 g/mol. The Hall–Kier alpha value is -3.35. The van der Waals surface area contributed by atoms with E-state index in [9.17, 15) is 14.0 Å². The number of ether oxygens (including phenoxy) is 3. The molecule has 0 saturated heterocycles. The number of rotatable bonds is 8. The first-order chi connectivity index (χ1) is 12.4. The molecule has 0 aliphatic carbocycles. The number of hydrogen-bond donors (Lipinski definition) is 1. The molecule has 2 aromatic carbocycles. The van der Waals surface area contributed by atoms with E-state index >= 15 is 0 Å². The Morgan fingerprint density at radius 3 is 2.35 bits per heavy atom. The number of carbonyl (C=O) groups excluding carboxylic acids is 1. The van der Waals surface area contributed by atoms with Crippen LogP contribution in [0.15, 0.2) is 42.5 Å². The van der Waals surface area contributed by atoms with Crippen LogP contribution in [0.4, 0.5) is 4.39 Å². The van der Waals surface area contributed by atoms with Crippen LogP contribution < -0.4 is 14.2 Å². The second kappa shape index (κ2) is 8.66. The van der Waals surface area contributed by atoms with Gasteiger partial charge in [-0.05, 0) is 42.0 Å². The molecule has 0 heterocycles. The summed E-state index contributed by atoms with van der Waals surface area (Å²) >= 11 is 0. The molecule has 0 fully saturated rings. The molecule has 0 aliphatic rings. The van der Waals surface area contributed by atoms with E-state index in [4.69, 9.17) is 19.3 Å². The zero-order valence-corrected chi connectivity index (χ0v) is 14.2. The molecule has 0 radical (unpaired) electrons. The van der Waals surface area contributed by atoms with Gasteiger partial charge in [-0.1, -0.05) is 12.1 Å². The van der Waals surface area contributed by atoms with Crippen LogP contribution in [0.2, 0.25) is 0 Å². The second-order valence-electron chi connectivity index (χ2n) is 5.14. The summed E-state index contributed by atoms with van der Waals surface area (Å²) < 4.78 is 28.7. The molecule has 0 saturated carbocycles. The average Bonchev–Trinajstić information content (AvgIpc) is 2.64. The Bertz CT molecular complexity index is 844. The van der Waals surface area contributed by atoms with Gasteiger partial charge in [-0.25, -0.2) is 9.18 Å². The smallest absolute Gasteiger partial charge is 0.341 e. The predicted octanol–water partition coefficient (Wildman–Crippen LogP) is 3.20. The molecule has 2 rings (SSSR count). The summed E-state index contributed by atoms with van der Waals surface area (Å²) in [7, 11) is 2.75. The SMILES string of the molecule is COc1ccc(/C=C/C(=O)c2ccc(OCC(=O)O)c(OC)c2)cc1F. The van der Waals surface area contributed by atoms with Crippen LogP contribution in [0.5, 0.6) is 17.2 Å². The van der Waals surface area contributed by atoms with Gasteiger partial charge in [-0.3, -0.25) is 4.79 Å². The van der Waals surface area contributed by atoms with E-state index < -0.39 is 18.4 Å². The summed E-state index contributed by atoms with van der Waals surface area (Å²) in [6, 6.07) is 8.73. The summed E-state index contributed by atoms with van der Waals surface area (Å²) in [6.07, 6.45) is 2.78. The molecule has 0 spiro atoms. The summed E-state index contributed by atoms with van der Waals surface area (Å²) in [5, 5.41) is 8.65. The van der Waals surface area contributed by atoms with Crippen molar-refractivity contribution in [1.82, 2.24) is 0 Å². The molecule has 0 unspecified atom stereocenters. The minimum absolute atomic E-state index is 0.121. The number of allylic oxidation sites excluding steroid dienone is 1.